The van der Waals surface area contributed by atoms with E-state index in [1.165, 1.54) is 0 Å². The molecular weight excluding hydrogens is 262 g/mol. The number of H-pyrrole nitrogens is 1. The molecule has 4 heteroatoms. The summed E-state index contributed by atoms with van der Waals surface area (Å²) >= 11 is 0. The largest absolute Gasteiger partial charge is 0.399 e. The molecule has 0 fully saturated rings. The van der Waals surface area contributed by atoms with Crippen molar-refractivity contribution < 1.29 is 0 Å². The van der Waals surface area contributed by atoms with Gasteiger partial charge in [-0.05, 0) is 31.2 Å². The lowest BCUT2D eigenvalue weighted by Gasteiger charge is -2.08. The smallest absolute Gasteiger partial charge is 0.254 e. The molecule has 3 aromatic rings. The summed E-state index contributed by atoms with van der Waals surface area (Å²) in [6.07, 6.45) is 0. The second-order valence-electron chi connectivity index (χ2n) is 4.88. The Labute approximate surface area is 122 Å². The van der Waals surface area contributed by atoms with Gasteiger partial charge >= 0.3 is 0 Å². The Bertz CT molecular complexity index is 821. The molecule has 104 valence electrons. The van der Waals surface area contributed by atoms with Gasteiger partial charge in [0, 0.05) is 22.4 Å². The maximum absolute atomic E-state index is 12.2. The van der Waals surface area contributed by atoms with Gasteiger partial charge in [0.15, 0.2) is 0 Å². The first kappa shape index (κ1) is 13.1. The van der Waals surface area contributed by atoms with Crippen molar-refractivity contribution in [2.24, 2.45) is 0 Å². The number of nitrogens with two attached hydrogens (primary N) is 1. The van der Waals surface area contributed by atoms with E-state index in [-0.39, 0.29) is 5.56 Å². The van der Waals surface area contributed by atoms with E-state index in [1.54, 1.807) is 19.1 Å². The highest BCUT2D eigenvalue weighted by Crippen LogP contribution is 2.22. The molecule has 3 N–H and O–H groups in total. The molecule has 1 aromatic heterocycles. The van der Waals surface area contributed by atoms with E-state index >= 15 is 0 Å². The van der Waals surface area contributed by atoms with Crippen LogP contribution >= 0.6 is 0 Å². The van der Waals surface area contributed by atoms with Crippen molar-refractivity contribution >= 4 is 5.69 Å². The van der Waals surface area contributed by atoms with Gasteiger partial charge < -0.3 is 10.7 Å². The minimum Gasteiger partial charge on any atom is -0.399 e. The summed E-state index contributed by atoms with van der Waals surface area (Å²) in [4.78, 5) is 19.6. The summed E-state index contributed by atoms with van der Waals surface area (Å²) in [7, 11) is 0. The van der Waals surface area contributed by atoms with Gasteiger partial charge in [-0.25, -0.2) is 4.98 Å². The number of benzene rings is 2. The molecule has 3 rings (SSSR count). The van der Waals surface area contributed by atoms with Gasteiger partial charge in [-0.3, -0.25) is 4.79 Å². The van der Waals surface area contributed by atoms with E-state index in [9.17, 15) is 4.79 Å². The van der Waals surface area contributed by atoms with Crippen LogP contribution in [0.25, 0.3) is 22.6 Å². The van der Waals surface area contributed by atoms with Crippen LogP contribution in [0.2, 0.25) is 0 Å². The normalized spacial score (nSPS) is 10.5. The molecule has 0 unspecified atom stereocenters. The predicted octanol–water partition coefficient (Wildman–Crippen LogP) is 2.99. The van der Waals surface area contributed by atoms with E-state index in [0.717, 1.165) is 11.1 Å². The minimum absolute atomic E-state index is 0.129. The summed E-state index contributed by atoms with van der Waals surface area (Å²) in [5, 5.41) is 0. The Hall–Kier alpha value is -2.88. The number of rotatable bonds is 2. The van der Waals surface area contributed by atoms with Crippen LogP contribution in [0.4, 0.5) is 5.69 Å². The number of nitrogen functional groups attached to an aromatic ring is 1. The first-order valence-corrected chi connectivity index (χ1v) is 6.67. The molecule has 0 amide bonds. The predicted molar refractivity (Wildman–Crippen MR) is 84.9 cm³/mol. The number of hydrogen-bond acceptors (Lipinski definition) is 3. The number of hydrogen-bond donors (Lipinski definition) is 2. The molecule has 0 saturated heterocycles. The molecule has 0 aliphatic heterocycles. The Morgan fingerprint density at radius 2 is 1.62 bits per heavy atom. The molecule has 0 spiro atoms. The van der Waals surface area contributed by atoms with Crippen LogP contribution in [-0.4, -0.2) is 9.97 Å². The van der Waals surface area contributed by atoms with Gasteiger partial charge in [-0.2, -0.15) is 0 Å². The molecule has 0 aliphatic rings. The van der Waals surface area contributed by atoms with Crippen molar-refractivity contribution in [3.8, 4) is 22.6 Å². The van der Waals surface area contributed by atoms with E-state index in [4.69, 9.17) is 5.73 Å². The van der Waals surface area contributed by atoms with Crippen LogP contribution in [0.5, 0.6) is 0 Å². The molecular formula is C17H15N3O. The molecule has 0 radical (unpaired) electrons. The third kappa shape index (κ3) is 2.56. The third-order valence-electron chi connectivity index (χ3n) is 3.38. The summed E-state index contributed by atoms with van der Waals surface area (Å²) in [6.45, 7) is 1.78. The van der Waals surface area contributed by atoms with Gasteiger partial charge in [0.2, 0.25) is 0 Å². The lowest BCUT2D eigenvalue weighted by molar-refractivity contribution is 1.09. The van der Waals surface area contributed by atoms with Gasteiger partial charge in [-0.15, -0.1) is 0 Å². The van der Waals surface area contributed by atoms with Crippen LogP contribution in [0.1, 0.15) is 5.56 Å². The van der Waals surface area contributed by atoms with Crippen LogP contribution < -0.4 is 11.3 Å². The summed E-state index contributed by atoms with van der Waals surface area (Å²) < 4.78 is 0. The van der Waals surface area contributed by atoms with Crippen molar-refractivity contribution in [1.82, 2.24) is 9.97 Å². The molecule has 0 atom stereocenters. The number of nitrogens with one attached hydrogen (secondary N) is 1. The second-order valence-corrected chi connectivity index (χ2v) is 4.88. The maximum atomic E-state index is 12.2. The van der Waals surface area contributed by atoms with E-state index in [1.807, 2.05) is 42.5 Å². The molecule has 2 aromatic carbocycles. The van der Waals surface area contributed by atoms with E-state index < -0.39 is 0 Å². The fourth-order valence-electron chi connectivity index (χ4n) is 2.19. The molecule has 21 heavy (non-hydrogen) atoms. The van der Waals surface area contributed by atoms with Gasteiger partial charge in [0.1, 0.15) is 5.82 Å². The van der Waals surface area contributed by atoms with Gasteiger partial charge in [0.05, 0.1) is 5.69 Å². The zero-order chi connectivity index (χ0) is 14.8. The highest BCUT2D eigenvalue weighted by molar-refractivity contribution is 5.66. The number of aromatic amines is 1. The topological polar surface area (TPSA) is 71.8 Å². The number of nitrogens with zero attached hydrogens (tertiary/aromatic N) is 1. The first-order valence-electron chi connectivity index (χ1n) is 6.67. The fraction of sp³-hybridized carbons (Fsp3) is 0.0588. The maximum Gasteiger partial charge on any atom is 0.254 e. The Kier molecular flexibility index (Phi) is 3.28. The second kappa shape index (κ2) is 5.25. The van der Waals surface area contributed by atoms with Crippen LogP contribution in [-0.2, 0) is 0 Å². The SMILES string of the molecule is Cc1c(-c2ccccc2)nc(-c2ccc(N)cc2)[nH]c1=O. The van der Waals surface area contributed by atoms with Crippen LogP contribution in [0, 0.1) is 6.92 Å². The van der Waals surface area contributed by atoms with Crippen molar-refractivity contribution in [2.75, 3.05) is 5.73 Å². The highest BCUT2D eigenvalue weighted by Gasteiger charge is 2.10. The molecule has 0 bridgehead atoms. The summed E-state index contributed by atoms with van der Waals surface area (Å²) in [6, 6.07) is 17.0. The van der Waals surface area contributed by atoms with Crippen molar-refractivity contribution in [1.29, 1.82) is 0 Å². The quantitative estimate of drug-likeness (QED) is 0.707. The Morgan fingerprint density at radius 1 is 0.952 bits per heavy atom. The lowest BCUT2D eigenvalue weighted by Crippen LogP contribution is -2.14. The average molecular weight is 277 g/mol. The zero-order valence-corrected chi connectivity index (χ0v) is 11.6. The highest BCUT2D eigenvalue weighted by atomic mass is 16.1. The van der Waals surface area contributed by atoms with Crippen molar-refractivity contribution in [2.45, 2.75) is 6.92 Å². The number of anilines is 1. The molecule has 0 aliphatic carbocycles. The van der Waals surface area contributed by atoms with Crippen LogP contribution in [0.15, 0.2) is 59.4 Å². The van der Waals surface area contributed by atoms with Crippen molar-refractivity contribution in [3.05, 3.63) is 70.5 Å². The monoisotopic (exact) mass is 277 g/mol. The van der Waals surface area contributed by atoms with Crippen molar-refractivity contribution in [3.63, 3.8) is 0 Å². The minimum atomic E-state index is -0.129. The molecule has 1 heterocycles. The molecule has 0 saturated carbocycles. The van der Waals surface area contributed by atoms with E-state index in [2.05, 4.69) is 9.97 Å². The molecule has 4 nitrogen and oxygen atoms in total. The Balaban J connectivity index is 2.19. The standard InChI is InChI=1S/C17H15N3O/c1-11-15(12-5-3-2-4-6-12)19-16(20-17(11)21)13-7-9-14(18)10-8-13/h2-10H,18H2,1H3,(H,19,20,21). The summed E-state index contributed by atoms with van der Waals surface area (Å²) in [5.74, 6) is 0.546. The van der Waals surface area contributed by atoms with Gasteiger partial charge in [-0.1, -0.05) is 30.3 Å². The average Bonchev–Trinajstić information content (AvgIpc) is 2.51. The fourth-order valence-corrected chi connectivity index (χ4v) is 2.19. The van der Waals surface area contributed by atoms with Crippen LogP contribution in [0.3, 0.4) is 0 Å². The van der Waals surface area contributed by atoms with E-state index in [0.29, 0.717) is 22.8 Å². The number of aromatic nitrogens is 2. The zero-order valence-electron chi connectivity index (χ0n) is 11.6. The third-order valence-corrected chi connectivity index (χ3v) is 3.38. The Morgan fingerprint density at radius 3 is 2.29 bits per heavy atom. The summed E-state index contributed by atoms with van der Waals surface area (Å²) in [5.41, 5.74) is 9.31. The van der Waals surface area contributed by atoms with Gasteiger partial charge in [0.25, 0.3) is 5.56 Å². The lowest BCUT2D eigenvalue weighted by atomic mass is 10.1. The first-order chi connectivity index (χ1) is 10.1.